The number of quaternary nitrogens is 1. The number of piperazine rings is 1. The Morgan fingerprint density at radius 3 is 2.52 bits per heavy atom. The van der Waals surface area contributed by atoms with Gasteiger partial charge in [-0.2, -0.15) is 0 Å². The minimum absolute atomic E-state index is 0.00556. The van der Waals surface area contributed by atoms with Crippen LogP contribution in [0, 0.1) is 10.1 Å². The molecule has 2 aliphatic heterocycles. The number of anilines is 1. The van der Waals surface area contributed by atoms with Crippen LogP contribution in [0.15, 0.2) is 18.2 Å². The Morgan fingerprint density at radius 2 is 1.87 bits per heavy atom. The van der Waals surface area contributed by atoms with Gasteiger partial charge in [0.2, 0.25) is 0 Å². The minimum atomic E-state index is -0.399. The van der Waals surface area contributed by atoms with E-state index < -0.39 is 4.92 Å². The van der Waals surface area contributed by atoms with Crippen molar-refractivity contribution in [1.82, 2.24) is 4.90 Å². The number of carbonyl (C=O) groups excluding carboxylic acids is 1. The number of ether oxygens (including phenoxy) is 1. The zero-order chi connectivity index (χ0) is 16.2. The monoisotopic (exact) mass is 321 g/mol. The lowest BCUT2D eigenvalue weighted by Crippen LogP contribution is -2.89. The van der Waals surface area contributed by atoms with E-state index in [0.717, 1.165) is 26.2 Å². The molecule has 0 spiro atoms. The Morgan fingerprint density at radius 1 is 1.17 bits per heavy atom. The van der Waals surface area contributed by atoms with Gasteiger partial charge in [0.15, 0.2) is 0 Å². The SMILES string of the molecule is O=C(c1ccc(N2CC[NH2+]CC2)c([N+](=O)[O-])c1)N1CCOCC1. The van der Waals surface area contributed by atoms with Gasteiger partial charge in [-0.15, -0.1) is 0 Å². The normalized spacial score (nSPS) is 18.8. The number of amides is 1. The molecule has 124 valence electrons. The zero-order valence-corrected chi connectivity index (χ0v) is 12.9. The highest BCUT2D eigenvalue weighted by atomic mass is 16.6. The van der Waals surface area contributed by atoms with Gasteiger partial charge in [0.05, 0.1) is 44.3 Å². The average molecular weight is 321 g/mol. The number of morpholine rings is 1. The van der Waals surface area contributed by atoms with E-state index in [1.807, 2.05) is 4.90 Å². The van der Waals surface area contributed by atoms with Crippen molar-refractivity contribution in [2.45, 2.75) is 0 Å². The predicted molar refractivity (Wildman–Crippen MR) is 83.7 cm³/mol. The Balaban J connectivity index is 1.86. The van der Waals surface area contributed by atoms with Crippen LogP contribution < -0.4 is 10.2 Å². The van der Waals surface area contributed by atoms with Crippen molar-refractivity contribution < 1.29 is 19.8 Å². The first-order chi connectivity index (χ1) is 11.2. The molecule has 1 amide bonds. The van der Waals surface area contributed by atoms with E-state index in [1.54, 1.807) is 17.0 Å². The number of benzene rings is 1. The predicted octanol–water partition coefficient (Wildman–Crippen LogP) is -0.549. The van der Waals surface area contributed by atoms with Gasteiger partial charge in [0.25, 0.3) is 11.6 Å². The highest BCUT2D eigenvalue weighted by molar-refractivity contribution is 5.95. The quantitative estimate of drug-likeness (QED) is 0.596. The molecule has 0 aromatic heterocycles. The molecule has 2 N–H and O–H groups in total. The van der Waals surface area contributed by atoms with E-state index in [2.05, 4.69) is 5.32 Å². The maximum absolute atomic E-state index is 12.5. The van der Waals surface area contributed by atoms with Crippen LogP contribution in [0.5, 0.6) is 0 Å². The molecule has 0 atom stereocenters. The van der Waals surface area contributed by atoms with Gasteiger partial charge in [0.1, 0.15) is 5.69 Å². The van der Waals surface area contributed by atoms with E-state index in [4.69, 9.17) is 4.74 Å². The highest BCUT2D eigenvalue weighted by Gasteiger charge is 2.26. The first-order valence-electron chi connectivity index (χ1n) is 7.89. The third-order valence-electron chi connectivity index (χ3n) is 4.26. The summed E-state index contributed by atoms with van der Waals surface area (Å²) < 4.78 is 5.23. The van der Waals surface area contributed by atoms with Crippen LogP contribution in [-0.2, 0) is 4.74 Å². The van der Waals surface area contributed by atoms with Crippen molar-refractivity contribution >= 4 is 17.3 Å². The van der Waals surface area contributed by atoms with Gasteiger partial charge in [-0.3, -0.25) is 14.9 Å². The van der Waals surface area contributed by atoms with Gasteiger partial charge in [-0.25, -0.2) is 0 Å². The van der Waals surface area contributed by atoms with Crippen LogP contribution in [-0.4, -0.2) is 68.2 Å². The Labute approximate surface area is 134 Å². The number of hydrogen-bond donors (Lipinski definition) is 1. The molecule has 0 bridgehead atoms. The second-order valence-corrected chi connectivity index (χ2v) is 5.72. The van der Waals surface area contributed by atoms with E-state index in [-0.39, 0.29) is 11.6 Å². The van der Waals surface area contributed by atoms with Gasteiger partial charge in [-0.1, -0.05) is 0 Å². The molecule has 0 aliphatic carbocycles. The summed E-state index contributed by atoms with van der Waals surface area (Å²) in [5.41, 5.74) is 0.971. The van der Waals surface area contributed by atoms with Gasteiger partial charge in [0, 0.05) is 24.7 Å². The molecule has 8 nitrogen and oxygen atoms in total. The van der Waals surface area contributed by atoms with Crippen molar-refractivity contribution in [1.29, 1.82) is 0 Å². The summed E-state index contributed by atoms with van der Waals surface area (Å²) in [6.07, 6.45) is 0. The molecule has 1 aromatic carbocycles. The second kappa shape index (κ2) is 6.93. The number of rotatable bonds is 3. The zero-order valence-electron chi connectivity index (χ0n) is 12.9. The summed E-state index contributed by atoms with van der Waals surface area (Å²) in [7, 11) is 0. The van der Waals surface area contributed by atoms with Crippen LogP contribution in [0.3, 0.4) is 0 Å². The van der Waals surface area contributed by atoms with Gasteiger partial charge in [-0.05, 0) is 12.1 Å². The molecule has 0 radical (unpaired) electrons. The smallest absolute Gasteiger partial charge is 0.293 e. The standard InChI is InChI=1S/C15H20N4O4/c20-15(18-7-9-23-10-8-18)12-1-2-13(14(11-12)19(21)22)17-5-3-16-4-6-17/h1-2,11,16H,3-10H2/p+1. The summed E-state index contributed by atoms with van der Waals surface area (Å²) in [5.74, 6) is -0.171. The number of nitro groups is 1. The number of hydrogen-bond acceptors (Lipinski definition) is 5. The topological polar surface area (TPSA) is 92.5 Å². The molecule has 23 heavy (non-hydrogen) atoms. The fourth-order valence-corrected chi connectivity index (χ4v) is 3.01. The first-order valence-corrected chi connectivity index (χ1v) is 7.89. The Bertz CT molecular complexity index is 595. The lowest BCUT2D eigenvalue weighted by Gasteiger charge is -2.28. The molecular weight excluding hydrogens is 300 g/mol. The first kappa shape index (κ1) is 15.7. The van der Waals surface area contributed by atoms with Crippen LogP contribution >= 0.6 is 0 Å². The van der Waals surface area contributed by atoms with Crippen molar-refractivity contribution in [3.63, 3.8) is 0 Å². The van der Waals surface area contributed by atoms with E-state index >= 15 is 0 Å². The number of nitrogens with zero attached hydrogens (tertiary/aromatic N) is 3. The molecule has 0 unspecified atom stereocenters. The molecule has 3 rings (SSSR count). The van der Waals surface area contributed by atoms with Crippen molar-refractivity contribution in [3.05, 3.63) is 33.9 Å². The van der Waals surface area contributed by atoms with E-state index in [0.29, 0.717) is 37.6 Å². The maximum Gasteiger partial charge on any atom is 0.293 e. The Kier molecular flexibility index (Phi) is 4.73. The lowest BCUT2D eigenvalue weighted by atomic mass is 10.1. The average Bonchev–Trinajstić information content (AvgIpc) is 2.62. The number of nitrogens with two attached hydrogens (primary N) is 1. The molecule has 2 aliphatic rings. The van der Waals surface area contributed by atoms with Crippen molar-refractivity contribution in [3.8, 4) is 0 Å². The van der Waals surface area contributed by atoms with Gasteiger partial charge < -0.3 is 19.9 Å². The molecule has 1 aromatic rings. The molecule has 2 heterocycles. The molecule has 2 fully saturated rings. The molecule has 8 heteroatoms. The molecule has 2 saturated heterocycles. The van der Waals surface area contributed by atoms with E-state index in [9.17, 15) is 14.9 Å². The number of nitro benzene ring substituents is 1. The molecular formula is C15H21N4O4+. The summed E-state index contributed by atoms with van der Waals surface area (Å²) in [5, 5.41) is 13.6. The van der Waals surface area contributed by atoms with Crippen LogP contribution in [0.2, 0.25) is 0 Å². The highest BCUT2D eigenvalue weighted by Crippen LogP contribution is 2.29. The summed E-state index contributed by atoms with van der Waals surface area (Å²) >= 11 is 0. The number of carbonyl (C=O) groups is 1. The summed E-state index contributed by atoms with van der Waals surface area (Å²) in [4.78, 5) is 27.2. The third kappa shape index (κ3) is 3.43. The van der Waals surface area contributed by atoms with Crippen LogP contribution in [0.25, 0.3) is 0 Å². The second-order valence-electron chi connectivity index (χ2n) is 5.72. The fourth-order valence-electron chi connectivity index (χ4n) is 3.01. The van der Waals surface area contributed by atoms with Crippen LogP contribution in [0.1, 0.15) is 10.4 Å². The summed E-state index contributed by atoms with van der Waals surface area (Å²) in [6.45, 7) is 5.46. The maximum atomic E-state index is 12.5. The Hall–Kier alpha value is -2.19. The summed E-state index contributed by atoms with van der Waals surface area (Å²) in [6, 6.07) is 4.81. The van der Waals surface area contributed by atoms with Crippen LogP contribution in [0.4, 0.5) is 11.4 Å². The third-order valence-corrected chi connectivity index (χ3v) is 4.26. The van der Waals surface area contributed by atoms with Crippen molar-refractivity contribution in [2.75, 3.05) is 57.4 Å². The largest absolute Gasteiger partial charge is 0.378 e. The lowest BCUT2D eigenvalue weighted by molar-refractivity contribution is -0.655. The van der Waals surface area contributed by atoms with Gasteiger partial charge >= 0.3 is 0 Å². The molecule has 0 saturated carbocycles. The minimum Gasteiger partial charge on any atom is -0.378 e. The van der Waals surface area contributed by atoms with Crippen molar-refractivity contribution in [2.24, 2.45) is 0 Å². The fraction of sp³-hybridized carbons (Fsp3) is 0.533. The van der Waals surface area contributed by atoms with E-state index in [1.165, 1.54) is 6.07 Å².